The topological polar surface area (TPSA) is 144 Å². The summed E-state index contributed by atoms with van der Waals surface area (Å²) in [6.07, 6.45) is 0. The van der Waals surface area contributed by atoms with Gasteiger partial charge in [-0.1, -0.05) is 42.5 Å². The molecular formula is C36H38N8O4. The molecular weight excluding hydrogens is 608 g/mol. The molecule has 5 aromatic rings. The molecule has 0 spiro atoms. The molecule has 4 amide bonds. The van der Waals surface area contributed by atoms with Gasteiger partial charge in [-0.05, 0) is 48.5 Å². The molecule has 0 fully saturated rings. The molecule has 0 radical (unpaired) electrons. The zero-order valence-corrected chi connectivity index (χ0v) is 27.6. The minimum absolute atomic E-state index is 0.00580. The van der Waals surface area contributed by atoms with Gasteiger partial charge in [0.05, 0.1) is 22.8 Å². The van der Waals surface area contributed by atoms with Crippen LogP contribution in [0.2, 0.25) is 0 Å². The number of imidazole rings is 1. The van der Waals surface area contributed by atoms with E-state index in [1.54, 1.807) is 24.3 Å². The highest BCUT2D eigenvalue weighted by atomic mass is 16.3. The number of urea groups is 2. The summed E-state index contributed by atoms with van der Waals surface area (Å²) in [6.45, 7) is 0. The molecule has 0 unspecified atom stereocenters. The Kier molecular flexibility index (Phi) is 9.64. The molecule has 12 heteroatoms. The van der Waals surface area contributed by atoms with Gasteiger partial charge in [0.2, 0.25) is 0 Å². The van der Waals surface area contributed by atoms with Gasteiger partial charge in [-0.2, -0.15) is 0 Å². The van der Waals surface area contributed by atoms with E-state index in [1.165, 1.54) is 30.8 Å². The molecule has 1 heterocycles. The minimum Gasteiger partial charge on any atom is -0.504 e. The molecule has 0 aliphatic carbocycles. The lowest BCUT2D eigenvalue weighted by Crippen LogP contribution is -2.26. The highest BCUT2D eigenvalue weighted by Crippen LogP contribution is 2.42. The van der Waals surface area contributed by atoms with Gasteiger partial charge in [0.1, 0.15) is 5.82 Å². The first-order valence-electron chi connectivity index (χ1n) is 15.1. The smallest absolute Gasteiger partial charge is 0.319 e. The second-order valence-corrected chi connectivity index (χ2v) is 11.4. The first-order valence-corrected chi connectivity index (χ1v) is 15.1. The molecule has 1 aromatic heterocycles. The third kappa shape index (κ3) is 6.77. The normalized spacial score (nSPS) is 10.6. The lowest BCUT2D eigenvalue weighted by atomic mass is 10.0. The van der Waals surface area contributed by atoms with Crippen LogP contribution in [0.4, 0.5) is 32.3 Å². The van der Waals surface area contributed by atoms with Crippen LogP contribution in [0, 0.1) is 0 Å². The fourth-order valence-electron chi connectivity index (χ4n) is 5.15. The van der Waals surface area contributed by atoms with Crippen LogP contribution in [0.1, 0.15) is 10.4 Å². The van der Waals surface area contributed by atoms with Crippen LogP contribution in [0.5, 0.6) is 5.75 Å². The van der Waals surface area contributed by atoms with E-state index in [2.05, 4.69) is 21.3 Å². The molecule has 246 valence electrons. The van der Waals surface area contributed by atoms with E-state index in [0.29, 0.717) is 22.5 Å². The van der Waals surface area contributed by atoms with Crippen LogP contribution in [-0.2, 0) is 0 Å². The van der Waals surface area contributed by atoms with Crippen molar-refractivity contribution < 1.29 is 19.5 Å². The number of phenols is 1. The van der Waals surface area contributed by atoms with Crippen LogP contribution in [0.3, 0.4) is 0 Å². The van der Waals surface area contributed by atoms with E-state index in [4.69, 9.17) is 4.98 Å². The van der Waals surface area contributed by atoms with Crippen molar-refractivity contribution in [3.63, 3.8) is 0 Å². The summed E-state index contributed by atoms with van der Waals surface area (Å²) in [5, 5.41) is 21.2. The van der Waals surface area contributed by atoms with Crippen molar-refractivity contribution in [2.24, 2.45) is 0 Å². The standard InChI is InChI=1S/C36H38N8O4/c1-37-35(47)39-28-20-25(21-29(32(28)45)40-36(48)38-2)33-41-30(22-12-16-26(17-13-22)42(3)4)31(23-14-18-27(19-15-23)43(5)6)44(33)34(46)24-10-8-7-9-11-24/h7-21,45H,1-6H3,(H2,37,39,47)(H2,38,40,48). The van der Waals surface area contributed by atoms with Crippen molar-refractivity contribution >= 4 is 40.7 Å². The van der Waals surface area contributed by atoms with E-state index in [-0.39, 0.29) is 28.9 Å². The van der Waals surface area contributed by atoms with Crippen molar-refractivity contribution in [2.45, 2.75) is 0 Å². The van der Waals surface area contributed by atoms with Gasteiger partial charge in [-0.25, -0.2) is 14.6 Å². The number of carbonyl (C=O) groups excluding carboxylic acids is 3. The second kappa shape index (κ2) is 14.0. The largest absolute Gasteiger partial charge is 0.504 e. The minimum atomic E-state index is -0.597. The molecule has 0 saturated heterocycles. The Labute approximate surface area is 279 Å². The van der Waals surface area contributed by atoms with E-state index in [9.17, 15) is 19.5 Å². The summed E-state index contributed by atoms with van der Waals surface area (Å²) in [5.74, 6) is -0.504. The van der Waals surface area contributed by atoms with Gasteiger partial charge in [0, 0.05) is 75.9 Å². The van der Waals surface area contributed by atoms with Crippen LogP contribution >= 0.6 is 0 Å². The molecule has 0 aliphatic heterocycles. The number of carbonyl (C=O) groups is 3. The molecule has 0 aliphatic rings. The summed E-state index contributed by atoms with van der Waals surface area (Å²) in [6, 6.07) is 26.3. The number of hydrogen-bond acceptors (Lipinski definition) is 7. The summed E-state index contributed by atoms with van der Waals surface area (Å²) in [5.41, 5.74) is 5.29. The molecule has 5 N–H and O–H groups in total. The van der Waals surface area contributed by atoms with Gasteiger partial charge in [0.15, 0.2) is 5.75 Å². The lowest BCUT2D eigenvalue weighted by Gasteiger charge is -2.17. The quantitative estimate of drug-likeness (QED) is 0.132. The third-order valence-corrected chi connectivity index (χ3v) is 7.73. The highest BCUT2D eigenvalue weighted by molar-refractivity contribution is 6.04. The Morgan fingerprint density at radius 3 is 1.60 bits per heavy atom. The van der Waals surface area contributed by atoms with Gasteiger partial charge in [0.25, 0.3) is 5.91 Å². The van der Waals surface area contributed by atoms with Gasteiger partial charge in [-0.15, -0.1) is 0 Å². The Bertz CT molecular complexity index is 1910. The Balaban J connectivity index is 1.87. The summed E-state index contributed by atoms with van der Waals surface area (Å²) >= 11 is 0. The fourth-order valence-corrected chi connectivity index (χ4v) is 5.15. The first kappa shape index (κ1) is 33.1. The van der Waals surface area contributed by atoms with Crippen molar-refractivity contribution in [3.8, 4) is 39.7 Å². The van der Waals surface area contributed by atoms with Crippen LogP contribution in [-0.4, -0.2) is 74.9 Å². The maximum Gasteiger partial charge on any atom is 0.319 e. The highest BCUT2D eigenvalue weighted by Gasteiger charge is 2.28. The third-order valence-electron chi connectivity index (χ3n) is 7.73. The molecule has 4 aromatic carbocycles. The van der Waals surface area contributed by atoms with Crippen molar-refractivity contribution in [1.82, 2.24) is 20.2 Å². The first-order chi connectivity index (χ1) is 23.0. The maximum absolute atomic E-state index is 14.6. The molecule has 5 rings (SSSR count). The number of aromatic nitrogens is 2. The number of rotatable bonds is 8. The lowest BCUT2D eigenvalue weighted by molar-refractivity contribution is 0.0963. The molecule has 0 bridgehead atoms. The van der Waals surface area contributed by atoms with E-state index < -0.39 is 12.1 Å². The summed E-state index contributed by atoms with van der Waals surface area (Å²) < 4.78 is 1.54. The fraction of sp³-hybridized carbons (Fsp3) is 0.167. The zero-order valence-electron chi connectivity index (χ0n) is 27.6. The number of aromatic hydroxyl groups is 1. The predicted molar refractivity (Wildman–Crippen MR) is 191 cm³/mol. The predicted octanol–water partition coefficient (Wildman–Crippen LogP) is 5.91. The van der Waals surface area contributed by atoms with Crippen LogP contribution < -0.4 is 31.1 Å². The van der Waals surface area contributed by atoms with Crippen molar-refractivity contribution in [1.29, 1.82) is 0 Å². The average molecular weight is 647 g/mol. The molecule has 0 atom stereocenters. The van der Waals surface area contributed by atoms with Crippen molar-refractivity contribution in [3.05, 3.63) is 96.6 Å². The van der Waals surface area contributed by atoms with Gasteiger partial charge >= 0.3 is 12.1 Å². The molecule has 0 saturated carbocycles. The van der Waals surface area contributed by atoms with Gasteiger partial charge < -0.3 is 36.2 Å². The number of hydrogen-bond donors (Lipinski definition) is 5. The summed E-state index contributed by atoms with van der Waals surface area (Å²) in [4.78, 5) is 48.4. The van der Waals surface area contributed by atoms with E-state index in [0.717, 1.165) is 22.5 Å². The number of nitrogens with one attached hydrogen (secondary N) is 4. The van der Waals surface area contributed by atoms with Crippen LogP contribution in [0.15, 0.2) is 91.0 Å². The van der Waals surface area contributed by atoms with Gasteiger partial charge in [-0.3, -0.25) is 9.36 Å². The summed E-state index contributed by atoms with van der Waals surface area (Å²) in [7, 11) is 10.7. The Morgan fingerprint density at radius 2 is 1.15 bits per heavy atom. The number of phenolic OH excluding ortho intramolecular Hbond substituents is 1. The van der Waals surface area contributed by atoms with Crippen molar-refractivity contribution in [2.75, 3.05) is 62.7 Å². The number of amides is 4. The second-order valence-electron chi connectivity index (χ2n) is 11.4. The maximum atomic E-state index is 14.6. The monoisotopic (exact) mass is 646 g/mol. The Hall–Kier alpha value is -6.30. The number of nitrogens with zero attached hydrogens (tertiary/aromatic N) is 4. The number of anilines is 4. The molecule has 48 heavy (non-hydrogen) atoms. The van der Waals surface area contributed by atoms with Crippen LogP contribution in [0.25, 0.3) is 33.9 Å². The average Bonchev–Trinajstić information content (AvgIpc) is 3.50. The molecule has 12 nitrogen and oxygen atoms in total. The SMILES string of the molecule is CNC(=O)Nc1cc(-c2nc(-c3ccc(N(C)C)cc3)c(-c3ccc(N(C)C)cc3)n2C(=O)c2ccccc2)cc(NC(=O)NC)c1O. The van der Waals surface area contributed by atoms with E-state index >= 15 is 0 Å². The van der Waals surface area contributed by atoms with E-state index in [1.807, 2.05) is 92.6 Å². The number of benzene rings is 4. The zero-order chi connectivity index (χ0) is 34.5. The Morgan fingerprint density at radius 1 is 0.667 bits per heavy atom.